The lowest BCUT2D eigenvalue weighted by Crippen LogP contribution is -2.30. The maximum absolute atomic E-state index is 13.5. The van der Waals surface area contributed by atoms with Crippen LogP contribution in [0.15, 0.2) is 51.7 Å². The van der Waals surface area contributed by atoms with E-state index in [0.717, 1.165) is 24.8 Å². The molecular formula is C27H31NO5. The highest BCUT2D eigenvalue weighted by molar-refractivity contribution is 5.99. The Labute approximate surface area is 194 Å². The van der Waals surface area contributed by atoms with E-state index in [0.29, 0.717) is 41.2 Å². The Morgan fingerprint density at radius 2 is 1.79 bits per heavy atom. The van der Waals surface area contributed by atoms with Gasteiger partial charge in [-0.05, 0) is 42.7 Å². The predicted octanol–water partition coefficient (Wildman–Crippen LogP) is 5.72. The first-order valence-electron chi connectivity index (χ1n) is 11.8. The number of nitrogens with zero attached hydrogens (tertiary/aromatic N) is 1. The van der Waals surface area contributed by atoms with Crippen molar-refractivity contribution in [2.75, 3.05) is 20.3 Å². The summed E-state index contributed by atoms with van der Waals surface area (Å²) in [4.78, 5) is 28.4. The van der Waals surface area contributed by atoms with Crippen molar-refractivity contribution in [2.24, 2.45) is 0 Å². The second-order valence-corrected chi connectivity index (χ2v) is 8.39. The van der Waals surface area contributed by atoms with Gasteiger partial charge in [0.2, 0.25) is 5.76 Å². The summed E-state index contributed by atoms with van der Waals surface area (Å²) in [7, 11) is 1.60. The van der Waals surface area contributed by atoms with Crippen LogP contribution in [0.4, 0.5) is 0 Å². The lowest BCUT2D eigenvalue weighted by Gasteiger charge is -2.25. The maximum Gasteiger partial charge on any atom is 0.290 e. The van der Waals surface area contributed by atoms with E-state index in [9.17, 15) is 9.59 Å². The minimum absolute atomic E-state index is 0.132. The molecule has 6 nitrogen and oxygen atoms in total. The van der Waals surface area contributed by atoms with Crippen LogP contribution in [-0.4, -0.2) is 31.1 Å². The molecule has 1 unspecified atom stereocenters. The van der Waals surface area contributed by atoms with E-state index in [1.54, 1.807) is 36.3 Å². The zero-order chi connectivity index (χ0) is 23.4. The first kappa shape index (κ1) is 22.9. The molecule has 1 amide bonds. The molecule has 0 bridgehead atoms. The second kappa shape index (κ2) is 10.1. The van der Waals surface area contributed by atoms with Crippen LogP contribution in [0.25, 0.3) is 11.0 Å². The molecule has 0 saturated carbocycles. The van der Waals surface area contributed by atoms with E-state index in [1.165, 1.54) is 12.8 Å². The number of ether oxygens (including phenoxy) is 2. The lowest BCUT2D eigenvalue weighted by molar-refractivity contribution is 0.0728. The molecule has 0 saturated heterocycles. The van der Waals surface area contributed by atoms with Gasteiger partial charge in [0, 0.05) is 6.54 Å². The third-order valence-corrected chi connectivity index (χ3v) is 6.10. The summed E-state index contributed by atoms with van der Waals surface area (Å²) in [5.74, 6) is 1.13. The van der Waals surface area contributed by atoms with Crippen molar-refractivity contribution in [2.45, 2.75) is 52.0 Å². The third-order valence-electron chi connectivity index (χ3n) is 6.10. The number of carbonyl (C=O) groups is 1. The van der Waals surface area contributed by atoms with Crippen LogP contribution >= 0.6 is 0 Å². The van der Waals surface area contributed by atoms with Gasteiger partial charge in [0.1, 0.15) is 5.58 Å². The van der Waals surface area contributed by atoms with E-state index >= 15 is 0 Å². The van der Waals surface area contributed by atoms with Crippen LogP contribution in [0, 0.1) is 0 Å². The maximum atomic E-state index is 13.5. The molecule has 0 aliphatic carbocycles. The van der Waals surface area contributed by atoms with Crippen LogP contribution < -0.4 is 14.9 Å². The Morgan fingerprint density at radius 3 is 2.55 bits per heavy atom. The molecule has 0 spiro atoms. The number of fused-ring (bicyclic) bond motifs is 2. The molecule has 1 aliphatic heterocycles. The quantitative estimate of drug-likeness (QED) is 0.371. The number of para-hydroxylation sites is 1. The van der Waals surface area contributed by atoms with E-state index in [1.807, 2.05) is 25.1 Å². The van der Waals surface area contributed by atoms with Crippen molar-refractivity contribution < 1.29 is 18.7 Å². The SMILES string of the molecule is CCCCCCOc1ccc(C2c3c(oc4ccccc4c3=O)C(=O)N2CCC)cc1OC. The standard InChI is InChI=1S/C27H31NO5/c1-4-6-7-10-16-32-21-14-13-18(17-22(21)31-3)24-23-25(29)19-11-8-9-12-20(19)33-26(23)27(30)28(24)15-5-2/h8-9,11-14,17,24H,4-7,10,15-16H2,1-3H3. The minimum Gasteiger partial charge on any atom is -0.493 e. The second-order valence-electron chi connectivity index (χ2n) is 8.39. The van der Waals surface area contributed by atoms with Crippen molar-refractivity contribution in [3.05, 3.63) is 69.6 Å². The van der Waals surface area contributed by atoms with Crippen LogP contribution in [0.3, 0.4) is 0 Å². The largest absolute Gasteiger partial charge is 0.493 e. The number of hydrogen-bond acceptors (Lipinski definition) is 5. The average Bonchev–Trinajstić information content (AvgIpc) is 3.11. The van der Waals surface area contributed by atoms with Crippen molar-refractivity contribution in [3.63, 3.8) is 0 Å². The van der Waals surface area contributed by atoms with Gasteiger partial charge in [-0.3, -0.25) is 9.59 Å². The predicted molar refractivity (Wildman–Crippen MR) is 128 cm³/mol. The Bertz CT molecular complexity index is 1200. The Morgan fingerprint density at radius 1 is 0.970 bits per heavy atom. The first-order chi connectivity index (χ1) is 16.1. The molecule has 1 atom stereocenters. The van der Waals surface area contributed by atoms with Crippen molar-refractivity contribution in [1.82, 2.24) is 4.90 Å². The fourth-order valence-electron chi connectivity index (χ4n) is 4.47. The van der Waals surface area contributed by atoms with Gasteiger partial charge in [-0.15, -0.1) is 0 Å². The number of unbranched alkanes of at least 4 members (excludes halogenated alkanes) is 3. The molecule has 1 aliphatic rings. The molecule has 0 N–H and O–H groups in total. The topological polar surface area (TPSA) is 69.0 Å². The van der Waals surface area contributed by atoms with Gasteiger partial charge in [-0.1, -0.05) is 51.3 Å². The smallest absolute Gasteiger partial charge is 0.290 e. The highest BCUT2D eigenvalue weighted by Gasteiger charge is 2.42. The van der Waals surface area contributed by atoms with E-state index in [-0.39, 0.29) is 17.1 Å². The molecule has 2 heterocycles. The summed E-state index contributed by atoms with van der Waals surface area (Å²) < 4.78 is 17.5. The van der Waals surface area contributed by atoms with Crippen molar-refractivity contribution >= 4 is 16.9 Å². The fraction of sp³-hybridized carbons (Fsp3) is 0.407. The Hall–Kier alpha value is -3.28. The Kier molecular flexibility index (Phi) is 7.02. The molecule has 0 fully saturated rings. The van der Waals surface area contributed by atoms with Gasteiger partial charge >= 0.3 is 0 Å². The van der Waals surface area contributed by atoms with Gasteiger partial charge in [0.15, 0.2) is 16.9 Å². The zero-order valence-electron chi connectivity index (χ0n) is 19.6. The van der Waals surface area contributed by atoms with Gasteiger partial charge in [-0.2, -0.15) is 0 Å². The van der Waals surface area contributed by atoms with Crippen LogP contribution in [0.2, 0.25) is 0 Å². The molecule has 2 aromatic carbocycles. The summed E-state index contributed by atoms with van der Waals surface area (Å²) in [6, 6.07) is 12.2. The molecule has 0 radical (unpaired) electrons. The highest BCUT2D eigenvalue weighted by Crippen LogP contribution is 2.41. The van der Waals surface area contributed by atoms with Crippen LogP contribution in [-0.2, 0) is 0 Å². The molecule has 3 aromatic rings. The van der Waals surface area contributed by atoms with Gasteiger partial charge in [0.05, 0.1) is 30.7 Å². The first-order valence-corrected chi connectivity index (χ1v) is 11.8. The van der Waals surface area contributed by atoms with E-state index < -0.39 is 6.04 Å². The lowest BCUT2D eigenvalue weighted by atomic mass is 9.98. The summed E-state index contributed by atoms with van der Waals surface area (Å²) in [6.07, 6.45) is 5.26. The normalized spacial score (nSPS) is 15.2. The average molecular weight is 450 g/mol. The van der Waals surface area contributed by atoms with Crippen molar-refractivity contribution in [1.29, 1.82) is 0 Å². The number of benzene rings is 2. The fourth-order valence-corrected chi connectivity index (χ4v) is 4.47. The summed E-state index contributed by atoms with van der Waals surface area (Å²) >= 11 is 0. The summed E-state index contributed by atoms with van der Waals surface area (Å²) in [5, 5.41) is 0.478. The van der Waals surface area contributed by atoms with Gasteiger partial charge in [0.25, 0.3) is 5.91 Å². The Balaban J connectivity index is 1.74. The summed E-state index contributed by atoms with van der Waals surface area (Å²) in [6.45, 7) is 5.33. The van der Waals surface area contributed by atoms with Crippen molar-refractivity contribution in [3.8, 4) is 11.5 Å². The molecule has 6 heteroatoms. The molecular weight excluding hydrogens is 418 g/mol. The third kappa shape index (κ3) is 4.34. The zero-order valence-corrected chi connectivity index (χ0v) is 19.6. The monoisotopic (exact) mass is 449 g/mol. The van der Waals surface area contributed by atoms with Gasteiger partial charge < -0.3 is 18.8 Å². The van der Waals surface area contributed by atoms with Crippen LogP contribution in [0.5, 0.6) is 11.5 Å². The summed E-state index contributed by atoms with van der Waals surface area (Å²) in [5.41, 5.74) is 1.45. The number of methoxy groups -OCH3 is 1. The van der Waals surface area contributed by atoms with E-state index in [2.05, 4.69) is 6.92 Å². The minimum atomic E-state index is -0.527. The van der Waals surface area contributed by atoms with Gasteiger partial charge in [-0.25, -0.2) is 0 Å². The number of carbonyl (C=O) groups excluding carboxylic acids is 1. The number of amides is 1. The molecule has 33 heavy (non-hydrogen) atoms. The number of rotatable bonds is 10. The van der Waals surface area contributed by atoms with E-state index in [4.69, 9.17) is 13.9 Å². The molecule has 1 aromatic heterocycles. The molecule has 4 rings (SSSR count). The van der Waals surface area contributed by atoms with Crippen LogP contribution in [0.1, 0.15) is 73.7 Å². The molecule has 174 valence electrons. The highest BCUT2D eigenvalue weighted by atomic mass is 16.5. The number of hydrogen-bond donors (Lipinski definition) is 0.